The van der Waals surface area contributed by atoms with Crippen molar-refractivity contribution in [1.29, 1.82) is 0 Å². The van der Waals surface area contributed by atoms with Crippen LogP contribution < -0.4 is 0 Å². The molecule has 0 spiro atoms. The van der Waals surface area contributed by atoms with Crippen molar-refractivity contribution >= 4 is 11.9 Å². The summed E-state index contributed by atoms with van der Waals surface area (Å²) in [6, 6.07) is 26.9. The van der Waals surface area contributed by atoms with Crippen LogP contribution in [0.3, 0.4) is 0 Å². The molecule has 0 N–H and O–H groups in total. The van der Waals surface area contributed by atoms with Gasteiger partial charge in [0.2, 0.25) is 5.89 Å². The fraction of sp³-hybridized carbons (Fsp3) is 0. The molecule has 0 saturated carbocycles. The average Bonchev–Trinajstić information content (AvgIpc) is 3.24. The number of nitrogens with zero attached hydrogens (tertiary/aromatic N) is 1. The van der Waals surface area contributed by atoms with Crippen LogP contribution in [0.1, 0.15) is 15.9 Å². The van der Waals surface area contributed by atoms with E-state index in [4.69, 9.17) is 4.42 Å². The van der Waals surface area contributed by atoms with E-state index in [2.05, 4.69) is 4.98 Å². The number of aromatic nitrogens is 1. The highest BCUT2D eigenvalue weighted by Gasteiger charge is 2.09. The van der Waals surface area contributed by atoms with Gasteiger partial charge in [-0.15, -0.1) is 0 Å². The molecule has 27 heavy (non-hydrogen) atoms. The molecule has 3 heteroatoms. The van der Waals surface area contributed by atoms with Crippen LogP contribution in [0.4, 0.5) is 0 Å². The molecule has 0 bridgehead atoms. The predicted octanol–water partition coefficient (Wildman–Crippen LogP) is 5.90. The van der Waals surface area contributed by atoms with Crippen LogP contribution in [0, 0.1) is 0 Å². The minimum absolute atomic E-state index is 0.0343. The average molecular weight is 351 g/mol. The minimum Gasteiger partial charge on any atom is -0.436 e. The first-order chi connectivity index (χ1) is 13.3. The van der Waals surface area contributed by atoms with E-state index in [1.807, 2.05) is 78.9 Å². The second-order valence-electron chi connectivity index (χ2n) is 6.08. The lowest BCUT2D eigenvalue weighted by Gasteiger charge is -2.00. The molecule has 4 rings (SSSR count). The normalized spacial score (nSPS) is 11.0. The van der Waals surface area contributed by atoms with Crippen molar-refractivity contribution in [1.82, 2.24) is 4.98 Å². The first kappa shape index (κ1) is 16.7. The zero-order valence-electron chi connectivity index (χ0n) is 14.6. The van der Waals surface area contributed by atoms with Gasteiger partial charge in [-0.3, -0.25) is 4.79 Å². The molecule has 0 radical (unpaired) electrons. The van der Waals surface area contributed by atoms with E-state index in [0.29, 0.717) is 17.2 Å². The fourth-order valence-electron chi connectivity index (χ4n) is 2.75. The number of benzene rings is 3. The first-order valence-electron chi connectivity index (χ1n) is 8.69. The maximum atomic E-state index is 12.3. The molecule has 0 aliphatic heterocycles. The lowest BCUT2D eigenvalue weighted by Crippen LogP contribution is -1.93. The number of ketones is 1. The minimum atomic E-state index is -0.0343. The maximum Gasteiger partial charge on any atom is 0.226 e. The molecular formula is C24H17NO2. The summed E-state index contributed by atoms with van der Waals surface area (Å²) in [5.74, 6) is 1.22. The predicted molar refractivity (Wildman–Crippen MR) is 107 cm³/mol. The number of hydrogen-bond acceptors (Lipinski definition) is 3. The Kier molecular flexibility index (Phi) is 4.75. The Balaban J connectivity index is 1.50. The molecule has 1 heterocycles. The van der Waals surface area contributed by atoms with E-state index in [0.717, 1.165) is 16.7 Å². The summed E-state index contributed by atoms with van der Waals surface area (Å²) in [4.78, 5) is 16.7. The number of hydrogen-bond donors (Lipinski definition) is 0. The second-order valence-corrected chi connectivity index (χ2v) is 6.08. The van der Waals surface area contributed by atoms with E-state index in [-0.39, 0.29) is 5.78 Å². The number of oxazole rings is 1. The molecule has 3 aromatic carbocycles. The van der Waals surface area contributed by atoms with Gasteiger partial charge in [0.1, 0.15) is 0 Å². The molecule has 0 unspecified atom stereocenters. The highest BCUT2D eigenvalue weighted by molar-refractivity contribution is 6.07. The van der Waals surface area contributed by atoms with Gasteiger partial charge in [0, 0.05) is 16.7 Å². The fourth-order valence-corrected chi connectivity index (χ4v) is 2.75. The van der Waals surface area contributed by atoms with Crippen molar-refractivity contribution in [2.75, 3.05) is 0 Å². The summed E-state index contributed by atoms with van der Waals surface area (Å²) in [5.41, 5.74) is 3.45. The molecule has 0 aliphatic rings. The SMILES string of the molecule is O=C(/C=C/c1ccccc1)c1ccc(-c2cnc(-c3ccccc3)o2)cc1. The lowest BCUT2D eigenvalue weighted by molar-refractivity contribution is 0.104. The largest absolute Gasteiger partial charge is 0.436 e. The molecule has 0 fully saturated rings. The first-order valence-corrected chi connectivity index (χ1v) is 8.69. The molecule has 0 aliphatic carbocycles. The summed E-state index contributed by atoms with van der Waals surface area (Å²) in [6.45, 7) is 0. The molecule has 0 saturated heterocycles. The van der Waals surface area contributed by atoms with Gasteiger partial charge < -0.3 is 4.42 Å². The molecule has 0 amide bonds. The quantitative estimate of drug-likeness (QED) is 0.332. The monoisotopic (exact) mass is 351 g/mol. The smallest absolute Gasteiger partial charge is 0.226 e. The van der Waals surface area contributed by atoms with Gasteiger partial charge in [-0.1, -0.05) is 78.9 Å². The summed E-state index contributed by atoms with van der Waals surface area (Å²) in [7, 11) is 0. The van der Waals surface area contributed by atoms with Gasteiger partial charge in [-0.25, -0.2) is 4.98 Å². The topological polar surface area (TPSA) is 43.1 Å². The highest BCUT2D eigenvalue weighted by atomic mass is 16.4. The Bertz CT molecular complexity index is 1060. The Morgan fingerprint density at radius 2 is 1.44 bits per heavy atom. The van der Waals surface area contributed by atoms with Crippen molar-refractivity contribution in [3.05, 3.63) is 108 Å². The van der Waals surface area contributed by atoms with Gasteiger partial charge in [-0.2, -0.15) is 0 Å². The van der Waals surface area contributed by atoms with Crippen molar-refractivity contribution in [3.63, 3.8) is 0 Å². The Labute approximate surface area is 157 Å². The van der Waals surface area contributed by atoms with E-state index in [1.54, 1.807) is 24.4 Å². The third-order valence-corrected chi connectivity index (χ3v) is 4.21. The van der Waals surface area contributed by atoms with E-state index < -0.39 is 0 Å². The van der Waals surface area contributed by atoms with Crippen LogP contribution in [0.15, 0.2) is 102 Å². The highest BCUT2D eigenvalue weighted by Crippen LogP contribution is 2.26. The van der Waals surface area contributed by atoms with Gasteiger partial charge in [0.15, 0.2) is 11.5 Å². The zero-order valence-corrected chi connectivity index (χ0v) is 14.6. The third kappa shape index (κ3) is 3.93. The Morgan fingerprint density at radius 3 is 2.15 bits per heavy atom. The van der Waals surface area contributed by atoms with Gasteiger partial charge >= 0.3 is 0 Å². The van der Waals surface area contributed by atoms with E-state index in [1.165, 1.54) is 0 Å². The van der Waals surface area contributed by atoms with Crippen LogP contribution in [0.2, 0.25) is 0 Å². The molecular weight excluding hydrogens is 334 g/mol. The van der Waals surface area contributed by atoms with Crippen molar-refractivity contribution < 1.29 is 9.21 Å². The molecule has 0 atom stereocenters. The van der Waals surface area contributed by atoms with Crippen molar-refractivity contribution in [3.8, 4) is 22.8 Å². The van der Waals surface area contributed by atoms with Crippen LogP contribution in [0.5, 0.6) is 0 Å². The second kappa shape index (κ2) is 7.67. The Hall–Kier alpha value is -3.72. The molecule has 1 aromatic heterocycles. The Morgan fingerprint density at radius 1 is 0.778 bits per heavy atom. The summed E-state index contributed by atoms with van der Waals surface area (Å²) in [6.07, 6.45) is 5.11. The molecule has 4 aromatic rings. The third-order valence-electron chi connectivity index (χ3n) is 4.21. The van der Waals surface area contributed by atoms with Crippen molar-refractivity contribution in [2.45, 2.75) is 0 Å². The van der Waals surface area contributed by atoms with Crippen LogP contribution in [0.25, 0.3) is 28.9 Å². The van der Waals surface area contributed by atoms with Crippen LogP contribution >= 0.6 is 0 Å². The zero-order chi connectivity index (χ0) is 18.5. The summed E-state index contributed by atoms with van der Waals surface area (Å²) in [5, 5.41) is 0. The molecule has 3 nitrogen and oxygen atoms in total. The number of carbonyl (C=O) groups is 1. The standard InChI is InChI=1S/C24H17NO2/c26-22(16-11-18-7-3-1-4-8-18)19-12-14-20(15-13-19)23-17-25-24(27-23)21-9-5-2-6-10-21/h1-17H/b16-11+. The molecule has 130 valence electrons. The van der Waals surface area contributed by atoms with E-state index >= 15 is 0 Å². The number of carbonyl (C=O) groups excluding carboxylic acids is 1. The van der Waals surface area contributed by atoms with Gasteiger partial charge in [-0.05, 0) is 23.8 Å². The van der Waals surface area contributed by atoms with Crippen LogP contribution in [-0.2, 0) is 0 Å². The summed E-state index contributed by atoms with van der Waals surface area (Å²) < 4.78 is 5.85. The van der Waals surface area contributed by atoms with Gasteiger partial charge in [0.05, 0.1) is 6.20 Å². The van der Waals surface area contributed by atoms with Crippen LogP contribution in [-0.4, -0.2) is 10.8 Å². The lowest BCUT2D eigenvalue weighted by atomic mass is 10.1. The number of allylic oxidation sites excluding steroid dienone is 1. The maximum absolute atomic E-state index is 12.3. The van der Waals surface area contributed by atoms with Gasteiger partial charge in [0.25, 0.3) is 0 Å². The van der Waals surface area contributed by atoms with E-state index in [9.17, 15) is 4.79 Å². The van der Waals surface area contributed by atoms with Crippen molar-refractivity contribution in [2.24, 2.45) is 0 Å². The number of rotatable bonds is 5. The summed E-state index contributed by atoms with van der Waals surface area (Å²) >= 11 is 0.